The van der Waals surface area contributed by atoms with Crippen LogP contribution < -0.4 is 0 Å². The van der Waals surface area contributed by atoms with Crippen molar-refractivity contribution in [3.63, 3.8) is 0 Å². The topological polar surface area (TPSA) is 56.5 Å². The van der Waals surface area contributed by atoms with Crippen LogP contribution in [-0.4, -0.2) is 24.5 Å². The maximum atomic E-state index is 14.1. The molecule has 0 aliphatic rings. The number of hydrogen-bond donors (Lipinski definition) is 0. The summed E-state index contributed by atoms with van der Waals surface area (Å²) in [4.78, 5) is 16.8. The van der Waals surface area contributed by atoms with Crippen LogP contribution in [0.5, 0.6) is 0 Å². The Kier molecular flexibility index (Phi) is 3.07. The first-order valence-corrected chi connectivity index (χ1v) is 7.36. The Bertz CT molecular complexity index is 998. The van der Waals surface area contributed by atoms with Gasteiger partial charge in [0.15, 0.2) is 11.3 Å². The van der Waals surface area contributed by atoms with E-state index in [1.807, 2.05) is 16.7 Å². The molecule has 0 atom stereocenters. The predicted octanol–water partition coefficient (Wildman–Crippen LogP) is 3.32. The highest BCUT2D eigenvalue weighted by Gasteiger charge is 2.09. The minimum absolute atomic E-state index is 0.329. The van der Waals surface area contributed by atoms with Crippen LogP contribution >= 0.6 is 15.9 Å². The van der Waals surface area contributed by atoms with E-state index in [4.69, 9.17) is 0 Å². The van der Waals surface area contributed by atoms with E-state index >= 15 is 0 Å². The molecular formula is C15H9BrFN5. The smallest absolute Gasteiger partial charge is 0.197 e. The highest BCUT2D eigenvalue weighted by molar-refractivity contribution is 9.10. The fourth-order valence-electron chi connectivity index (χ4n) is 2.42. The third-order valence-electron chi connectivity index (χ3n) is 3.37. The maximum Gasteiger partial charge on any atom is 0.197 e. The summed E-state index contributed by atoms with van der Waals surface area (Å²) in [5.41, 5.74) is 2.41. The van der Waals surface area contributed by atoms with Crippen LogP contribution in [0.4, 0.5) is 4.39 Å². The summed E-state index contributed by atoms with van der Waals surface area (Å²) in [6.07, 6.45) is 4.84. The standard InChI is InChI=1S/C15H9BrFN5/c16-12-6-19-14-15(21-12)22(8-20-14)7-9-4-10-2-1-3-18-13(10)11(17)5-9/h1-6,8H,7H2. The zero-order chi connectivity index (χ0) is 15.1. The molecule has 1 aromatic carbocycles. The molecule has 22 heavy (non-hydrogen) atoms. The second-order valence-electron chi connectivity index (χ2n) is 4.87. The Balaban J connectivity index is 1.80. The lowest BCUT2D eigenvalue weighted by Gasteiger charge is -2.06. The van der Waals surface area contributed by atoms with Gasteiger partial charge in [0.2, 0.25) is 0 Å². The van der Waals surface area contributed by atoms with Crippen molar-refractivity contribution in [3.05, 3.63) is 59.0 Å². The van der Waals surface area contributed by atoms with Crippen LogP contribution in [-0.2, 0) is 6.54 Å². The minimum Gasteiger partial charge on any atom is -0.309 e. The van der Waals surface area contributed by atoms with Crippen molar-refractivity contribution in [2.24, 2.45) is 0 Å². The number of benzene rings is 1. The second-order valence-corrected chi connectivity index (χ2v) is 5.68. The molecule has 0 aliphatic carbocycles. The lowest BCUT2D eigenvalue weighted by Crippen LogP contribution is -2.01. The molecule has 0 radical (unpaired) electrons. The van der Waals surface area contributed by atoms with E-state index in [-0.39, 0.29) is 5.82 Å². The summed E-state index contributed by atoms with van der Waals surface area (Å²) in [5, 5.41) is 0.772. The normalized spacial score (nSPS) is 11.4. The van der Waals surface area contributed by atoms with E-state index in [9.17, 15) is 4.39 Å². The van der Waals surface area contributed by atoms with Crippen LogP contribution in [0.1, 0.15) is 5.56 Å². The Hall–Kier alpha value is -2.41. The van der Waals surface area contributed by atoms with Gasteiger partial charge in [0, 0.05) is 11.6 Å². The van der Waals surface area contributed by atoms with Gasteiger partial charge < -0.3 is 4.57 Å². The Morgan fingerprint density at radius 1 is 1.18 bits per heavy atom. The zero-order valence-corrected chi connectivity index (χ0v) is 12.8. The lowest BCUT2D eigenvalue weighted by molar-refractivity contribution is 0.633. The zero-order valence-electron chi connectivity index (χ0n) is 11.2. The van der Waals surface area contributed by atoms with Gasteiger partial charge >= 0.3 is 0 Å². The van der Waals surface area contributed by atoms with Crippen LogP contribution in [0.3, 0.4) is 0 Å². The first-order chi connectivity index (χ1) is 10.7. The monoisotopic (exact) mass is 357 g/mol. The van der Waals surface area contributed by atoms with Crippen molar-refractivity contribution >= 4 is 38.1 Å². The van der Waals surface area contributed by atoms with Gasteiger partial charge in [0.05, 0.1) is 19.1 Å². The van der Waals surface area contributed by atoms with E-state index < -0.39 is 0 Å². The Labute approximate surface area is 133 Å². The fraction of sp³-hybridized carbons (Fsp3) is 0.0667. The van der Waals surface area contributed by atoms with Crippen molar-refractivity contribution in [2.45, 2.75) is 6.54 Å². The molecule has 4 aromatic rings. The first-order valence-electron chi connectivity index (χ1n) is 6.57. The van der Waals surface area contributed by atoms with Gasteiger partial charge in [-0.2, -0.15) is 0 Å². The van der Waals surface area contributed by atoms with Gasteiger partial charge in [-0.3, -0.25) is 4.98 Å². The molecule has 3 aromatic heterocycles. The van der Waals surface area contributed by atoms with E-state index in [1.165, 1.54) is 6.07 Å². The Morgan fingerprint density at radius 2 is 2.09 bits per heavy atom. The molecule has 0 aliphatic heterocycles. The summed E-state index contributed by atoms with van der Waals surface area (Å²) in [7, 11) is 0. The molecule has 0 saturated heterocycles. The molecule has 3 heterocycles. The molecule has 4 rings (SSSR count). The summed E-state index contributed by atoms with van der Waals surface area (Å²) in [6, 6.07) is 7.05. The number of nitrogens with zero attached hydrogens (tertiary/aromatic N) is 5. The van der Waals surface area contributed by atoms with Crippen molar-refractivity contribution in [2.75, 3.05) is 0 Å². The first kappa shape index (κ1) is 13.3. The molecular weight excluding hydrogens is 349 g/mol. The number of hydrogen-bond acceptors (Lipinski definition) is 4. The highest BCUT2D eigenvalue weighted by atomic mass is 79.9. The van der Waals surface area contributed by atoms with Crippen LogP contribution in [0.25, 0.3) is 22.2 Å². The van der Waals surface area contributed by atoms with Gasteiger partial charge in [-0.25, -0.2) is 19.3 Å². The van der Waals surface area contributed by atoms with Gasteiger partial charge in [0.1, 0.15) is 15.9 Å². The van der Waals surface area contributed by atoms with E-state index in [2.05, 4.69) is 35.9 Å². The number of halogens is 2. The minimum atomic E-state index is -0.329. The highest BCUT2D eigenvalue weighted by Crippen LogP contribution is 2.20. The van der Waals surface area contributed by atoms with E-state index in [0.29, 0.717) is 28.0 Å². The van der Waals surface area contributed by atoms with Crippen molar-refractivity contribution in [3.8, 4) is 0 Å². The van der Waals surface area contributed by atoms with Crippen LogP contribution in [0.15, 0.2) is 47.6 Å². The average molecular weight is 358 g/mol. The molecule has 0 amide bonds. The van der Waals surface area contributed by atoms with Gasteiger partial charge in [-0.1, -0.05) is 6.07 Å². The fourth-order valence-corrected chi connectivity index (χ4v) is 2.70. The lowest BCUT2D eigenvalue weighted by atomic mass is 10.1. The van der Waals surface area contributed by atoms with Gasteiger partial charge in [-0.15, -0.1) is 0 Å². The largest absolute Gasteiger partial charge is 0.309 e. The van der Waals surface area contributed by atoms with Gasteiger partial charge in [0.25, 0.3) is 0 Å². The molecule has 0 unspecified atom stereocenters. The van der Waals surface area contributed by atoms with E-state index in [1.54, 1.807) is 24.8 Å². The third kappa shape index (κ3) is 2.23. The van der Waals surface area contributed by atoms with Crippen molar-refractivity contribution in [1.82, 2.24) is 24.5 Å². The molecule has 108 valence electrons. The molecule has 0 saturated carbocycles. The average Bonchev–Trinajstić information content (AvgIpc) is 2.90. The van der Waals surface area contributed by atoms with E-state index in [0.717, 1.165) is 10.9 Å². The number of aromatic nitrogens is 5. The molecule has 0 spiro atoms. The number of pyridine rings is 1. The maximum absolute atomic E-state index is 14.1. The number of fused-ring (bicyclic) bond motifs is 2. The van der Waals surface area contributed by atoms with Crippen molar-refractivity contribution < 1.29 is 4.39 Å². The predicted molar refractivity (Wildman–Crippen MR) is 83.8 cm³/mol. The molecule has 0 bridgehead atoms. The van der Waals surface area contributed by atoms with Crippen LogP contribution in [0, 0.1) is 5.82 Å². The third-order valence-corrected chi connectivity index (χ3v) is 3.75. The number of rotatable bonds is 2. The summed E-state index contributed by atoms with van der Waals surface area (Å²) >= 11 is 3.30. The van der Waals surface area contributed by atoms with Crippen LogP contribution in [0.2, 0.25) is 0 Å². The second kappa shape index (κ2) is 5.10. The summed E-state index contributed by atoms with van der Waals surface area (Å²) in [6.45, 7) is 0.462. The quantitative estimate of drug-likeness (QED) is 0.552. The van der Waals surface area contributed by atoms with Gasteiger partial charge in [-0.05, 0) is 39.7 Å². The molecule has 0 fully saturated rings. The summed E-state index contributed by atoms with van der Waals surface area (Å²) < 4.78 is 16.6. The number of imidazole rings is 1. The molecule has 7 heteroatoms. The SMILES string of the molecule is Fc1cc(Cn2cnc3ncc(Br)nc32)cc2cccnc12. The molecule has 0 N–H and O–H groups in total. The molecule has 5 nitrogen and oxygen atoms in total. The summed E-state index contributed by atoms with van der Waals surface area (Å²) in [5.74, 6) is -0.329. The Morgan fingerprint density at radius 3 is 3.00 bits per heavy atom. The van der Waals surface area contributed by atoms with Crippen molar-refractivity contribution in [1.29, 1.82) is 0 Å².